The largest absolute Gasteiger partial charge is 0.524 e. The standard InChI is InChI=1S/C7H14ClO4P/c1-3-5-7(6(8)4-2)12-13(9,10)11/h3-5H2,1-2H3,(H2,9,10,11). The van der Waals surface area contributed by atoms with Crippen molar-refractivity contribution in [3.63, 3.8) is 0 Å². The van der Waals surface area contributed by atoms with E-state index in [9.17, 15) is 4.57 Å². The van der Waals surface area contributed by atoms with Crippen molar-refractivity contribution in [1.29, 1.82) is 0 Å². The van der Waals surface area contributed by atoms with Crippen LogP contribution in [0.5, 0.6) is 0 Å². The first-order valence-electron chi connectivity index (χ1n) is 4.03. The summed E-state index contributed by atoms with van der Waals surface area (Å²) in [6, 6.07) is 0. The highest BCUT2D eigenvalue weighted by Crippen LogP contribution is 2.41. The van der Waals surface area contributed by atoms with Gasteiger partial charge in [0.25, 0.3) is 0 Å². The highest BCUT2D eigenvalue weighted by Gasteiger charge is 2.18. The van der Waals surface area contributed by atoms with Gasteiger partial charge >= 0.3 is 7.82 Å². The molecule has 0 aliphatic carbocycles. The molecular weight excluding hydrogens is 214 g/mol. The van der Waals surface area contributed by atoms with E-state index < -0.39 is 7.82 Å². The summed E-state index contributed by atoms with van der Waals surface area (Å²) < 4.78 is 15.0. The maximum Gasteiger partial charge on any atom is 0.524 e. The molecule has 0 fully saturated rings. The smallest absolute Gasteiger partial charge is 0.408 e. The average molecular weight is 229 g/mol. The normalized spacial score (nSPS) is 13.9. The third-order valence-corrected chi connectivity index (χ3v) is 2.26. The van der Waals surface area contributed by atoms with Crippen LogP contribution in [-0.2, 0) is 9.09 Å². The van der Waals surface area contributed by atoms with Crippen molar-refractivity contribution in [3.8, 4) is 0 Å². The number of halogens is 1. The Hall–Kier alpha value is -0.0200. The summed E-state index contributed by atoms with van der Waals surface area (Å²) in [5, 5.41) is 0.366. The van der Waals surface area contributed by atoms with Crippen molar-refractivity contribution in [3.05, 3.63) is 10.8 Å². The molecule has 0 unspecified atom stereocenters. The van der Waals surface area contributed by atoms with Crippen LogP contribution < -0.4 is 0 Å². The summed E-state index contributed by atoms with van der Waals surface area (Å²) >= 11 is 5.73. The van der Waals surface area contributed by atoms with E-state index in [1.165, 1.54) is 0 Å². The molecule has 0 rings (SSSR count). The van der Waals surface area contributed by atoms with Crippen LogP contribution in [0.2, 0.25) is 0 Å². The Balaban J connectivity index is 4.54. The molecule has 0 aliphatic rings. The van der Waals surface area contributed by atoms with Crippen molar-refractivity contribution >= 4 is 19.4 Å². The van der Waals surface area contributed by atoms with Crippen molar-refractivity contribution < 1.29 is 18.9 Å². The van der Waals surface area contributed by atoms with Gasteiger partial charge in [-0.3, -0.25) is 9.79 Å². The molecule has 78 valence electrons. The minimum absolute atomic E-state index is 0.194. The third kappa shape index (κ3) is 6.11. The fourth-order valence-electron chi connectivity index (χ4n) is 0.799. The molecule has 0 bridgehead atoms. The third-order valence-electron chi connectivity index (χ3n) is 1.32. The van der Waals surface area contributed by atoms with E-state index in [2.05, 4.69) is 4.52 Å². The maximum absolute atomic E-state index is 10.5. The molecule has 0 aromatic rings. The lowest BCUT2D eigenvalue weighted by atomic mass is 10.2. The SMILES string of the molecule is CCCC(OP(=O)(O)O)=C(Cl)CC. The van der Waals surface area contributed by atoms with Crippen LogP contribution >= 0.6 is 19.4 Å². The molecule has 0 aromatic carbocycles. The molecule has 0 spiro atoms. The van der Waals surface area contributed by atoms with E-state index in [0.29, 0.717) is 17.9 Å². The summed E-state index contributed by atoms with van der Waals surface area (Å²) in [5.41, 5.74) is 0. The van der Waals surface area contributed by atoms with Gasteiger partial charge < -0.3 is 4.52 Å². The van der Waals surface area contributed by atoms with E-state index in [1.54, 1.807) is 6.92 Å². The number of phosphoric ester groups is 1. The van der Waals surface area contributed by atoms with Gasteiger partial charge in [-0.1, -0.05) is 25.4 Å². The van der Waals surface area contributed by atoms with Crippen molar-refractivity contribution in [1.82, 2.24) is 0 Å². The number of rotatable bonds is 5. The zero-order valence-corrected chi connectivity index (χ0v) is 9.31. The molecule has 2 N–H and O–H groups in total. The van der Waals surface area contributed by atoms with Crippen LogP contribution in [0, 0.1) is 0 Å². The van der Waals surface area contributed by atoms with Gasteiger partial charge in [0.05, 0.1) is 5.03 Å². The first-order chi connectivity index (χ1) is 5.90. The summed E-state index contributed by atoms with van der Waals surface area (Å²) in [6.45, 7) is 3.67. The number of hydrogen-bond acceptors (Lipinski definition) is 2. The second kappa shape index (κ2) is 5.66. The molecule has 6 heteroatoms. The van der Waals surface area contributed by atoms with Crippen LogP contribution in [-0.4, -0.2) is 9.79 Å². The van der Waals surface area contributed by atoms with Gasteiger partial charge in [-0.15, -0.1) is 0 Å². The first-order valence-corrected chi connectivity index (χ1v) is 5.94. The van der Waals surface area contributed by atoms with Crippen molar-refractivity contribution in [2.75, 3.05) is 0 Å². The second-order valence-electron chi connectivity index (χ2n) is 2.51. The topological polar surface area (TPSA) is 66.8 Å². The summed E-state index contributed by atoms with van der Waals surface area (Å²) in [5.74, 6) is 0.194. The van der Waals surface area contributed by atoms with Gasteiger partial charge in [-0.2, -0.15) is 0 Å². The quantitative estimate of drug-likeness (QED) is 0.561. The zero-order valence-electron chi connectivity index (χ0n) is 7.66. The predicted octanol–water partition coefficient (Wildman–Crippen LogP) is 2.76. The second-order valence-corrected chi connectivity index (χ2v) is 4.13. The van der Waals surface area contributed by atoms with Gasteiger partial charge in [-0.05, 0) is 12.8 Å². The van der Waals surface area contributed by atoms with Crippen LogP contribution in [0.25, 0.3) is 0 Å². The Morgan fingerprint density at radius 3 is 2.31 bits per heavy atom. The fraction of sp³-hybridized carbons (Fsp3) is 0.714. The number of hydrogen-bond donors (Lipinski definition) is 2. The Kier molecular flexibility index (Phi) is 5.65. The highest BCUT2D eigenvalue weighted by atomic mass is 35.5. The van der Waals surface area contributed by atoms with E-state index in [1.807, 2.05) is 6.92 Å². The minimum Gasteiger partial charge on any atom is -0.408 e. The molecule has 0 aliphatic heterocycles. The lowest BCUT2D eigenvalue weighted by Crippen LogP contribution is -1.93. The van der Waals surface area contributed by atoms with Gasteiger partial charge in [-0.25, -0.2) is 4.57 Å². The Morgan fingerprint density at radius 1 is 1.46 bits per heavy atom. The molecule has 0 saturated heterocycles. The van der Waals surface area contributed by atoms with Crippen LogP contribution in [0.3, 0.4) is 0 Å². The predicted molar refractivity (Wildman–Crippen MR) is 51.2 cm³/mol. The van der Waals surface area contributed by atoms with E-state index >= 15 is 0 Å². The molecule has 0 saturated carbocycles. The van der Waals surface area contributed by atoms with Crippen LogP contribution in [0.1, 0.15) is 33.1 Å². The Bertz CT molecular complexity index is 233. The Labute approximate surface area is 82.8 Å². The van der Waals surface area contributed by atoms with E-state index in [0.717, 1.165) is 6.42 Å². The van der Waals surface area contributed by atoms with Gasteiger partial charge in [0.1, 0.15) is 5.76 Å². The lowest BCUT2D eigenvalue weighted by Gasteiger charge is -2.11. The van der Waals surface area contributed by atoms with Crippen LogP contribution in [0.4, 0.5) is 0 Å². The van der Waals surface area contributed by atoms with Gasteiger partial charge in [0.15, 0.2) is 0 Å². The lowest BCUT2D eigenvalue weighted by molar-refractivity contribution is 0.235. The average Bonchev–Trinajstić information content (AvgIpc) is 2.00. The molecule has 0 atom stereocenters. The highest BCUT2D eigenvalue weighted by molar-refractivity contribution is 7.46. The van der Waals surface area contributed by atoms with E-state index in [4.69, 9.17) is 21.4 Å². The van der Waals surface area contributed by atoms with Gasteiger partial charge in [0.2, 0.25) is 0 Å². The zero-order chi connectivity index (χ0) is 10.5. The minimum atomic E-state index is -4.46. The van der Waals surface area contributed by atoms with Gasteiger partial charge in [0, 0.05) is 6.42 Å². The van der Waals surface area contributed by atoms with E-state index in [-0.39, 0.29) is 5.76 Å². The molecule has 0 aromatic heterocycles. The van der Waals surface area contributed by atoms with Crippen LogP contribution in [0.15, 0.2) is 10.8 Å². The monoisotopic (exact) mass is 228 g/mol. The maximum atomic E-state index is 10.5. The molecular formula is C7H14ClO4P. The summed E-state index contributed by atoms with van der Waals surface area (Å²) in [4.78, 5) is 17.1. The molecule has 0 amide bonds. The first kappa shape index (κ1) is 13.0. The number of phosphoric acid groups is 1. The van der Waals surface area contributed by atoms with Crippen molar-refractivity contribution in [2.45, 2.75) is 33.1 Å². The summed E-state index contributed by atoms with van der Waals surface area (Å²) in [7, 11) is -4.46. The fourth-order valence-corrected chi connectivity index (χ4v) is 1.47. The molecule has 0 radical (unpaired) electrons. The summed E-state index contributed by atoms with van der Waals surface area (Å²) in [6.07, 6.45) is 1.68. The molecule has 4 nitrogen and oxygen atoms in total. The molecule has 13 heavy (non-hydrogen) atoms. The number of allylic oxidation sites excluding steroid dienone is 2. The van der Waals surface area contributed by atoms with Crippen molar-refractivity contribution in [2.24, 2.45) is 0 Å². The Morgan fingerprint density at radius 2 is 2.00 bits per heavy atom. The molecule has 0 heterocycles.